The molecule has 1 aliphatic rings. The van der Waals surface area contributed by atoms with Gasteiger partial charge in [-0.2, -0.15) is 0 Å². The van der Waals surface area contributed by atoms with Gasteiger partial charge in [-0.25, -0.2) is 0 Å². The SMILES string of the molecule is Clc1ccc(Cc2cccc(C3CCN(Cc4cccnc4)CC3)n2)cc1. The molecule has 0 radical (unpaired) electrons. The van der Waals surface area contributed by atoms with Gasteiger partial charge in [0, 0.05) is 47.7 Å². The van der Waals surface area contributed by atoms with Gasteiger partial charge in [-0.15, -0.1) is 0 Å². The van der Waals surface area contributed by atoms with Gasteiger partial charge in [0.25, 0.3) is 0 Å². The lowest BCUT2D eigenvalue weighted by molar-refractivity contribution is 0.203. The van der Waals surface area contributed by atoms with Crippen molar-refractivity contribution in [1.29, 1.82) is 0 Å². The van der Waals surface area contributed by atoms with E-state index in [9.17, 15) is 0 Å². The third-order valence-electron chi connectivity index (χ3n) is 5.26. The van der Waals surface area contributed by atoms with Crippen molar-refractivity contribution in [2.75, 3.05) is 13.1 Å². The van der Waals surface area contributed by atoms with Gasteiger partial charge < -0.3 is 0 Å². The molecular weight excluding hydrogens is 354 g/mol. The molecule has 3 aromatic rings. The number of benzene rings is 1. The van der Waals surface area contributed by atoms with E-state index in [0.717, 1.165) is 49.6 Å². The minimum atomic E-state index is 0.556. The molecule has 1 fully saturated rings. The van der Waals surface area contributed by atoms with E-state index in [-0.39, 0.29) is 0 Å². The van der Waals surface area contributed by atoms with E-state index in [1.165, 1.54) is 16.8 Å². The Morgan fingerprint density at radius 3 is 2.48 bits per heavy atom. The molecule has 3 heterocycles. The molecule has 0 spiro atoms. The molecule has 0 atom stereocenters. The van der Waals surface area contributed by atoms with Crippen LogP contribution in [0.3, 0.4) is 0 Å². The highest BCUT2D eigenvalue weighted by atomic mass is 35.5. The van der Waals surface area contributed by atoms with Crippen molar-refractivity contribution < 1.29 is 0 Å². The molecule has 4 heteroatoms. The van der Waals surface area contributed by atoms with Gasteiger partial charge in [0.15, 0.2) is 0 Å². The Hall–Kier alpha value is -2.23. The number of rotatable bonds is 5. The topological polar surface area (TPSA) is 29.0 Å². The summed E-state index contributed by atoms with van der Waals surface area (Å²) in [7, 11) is 0. The van der Waals surface area contributed by atoms with E-state index in [1.807, 2.05) is 30.6 Å². The van der Waals surface area contributed by atoms with Crippen molar-refractivity contribution in [3.8, 4) is 0 Å². The van der Waals surface area contributed by atoms with Gasteiger partial charge in [-0.1, -0.05) is 35.9 Å². The Morgan fingerprint density at radius 1 is 0.926 bits per heavy atom. The van der Waals surface area contributed by atoms with Gasteiger partial charge >= 0.3 is 0 Å². The number of likely N-dealkylation sites (tertiary alicyclic amines) is 1. The second-order valence-corrected chi connectivity index (χ2v) is 7.71. The predicted molar refractivity (Wildman–Crippen MR) is 110 cm³/mol. The van der Waals surface area contributed by atoms with Gasteiger partial charge in [0.2, 0.25) is 0 Å². The maximum absolute atomic E-state index is 5.98. The first-order valence-corrected chi connectivity index (χ1v) is 9.95. The van der Waals surface area contributed by atoms with Gasteiger partial charge in [-0.05, 0) is 67.4 Å². The summed E-state index contributed by atoms with van der Waals surface area (Å²) in [6.45, 7) is 3.22. The quantitative estimate of drug-likeness (QED) is 0.619. The number of aromatic nitrogens is 2. The molecule has 0 saturated carbocycles. The molecule has 0 unspecified atom stereocenters. The summed E-state index contributed by atoms with van der Waals surface area (Å²) in [4.78, 5) is 11.7. The highest BCUT2D eigenvalue weighted by Crippen LogP contribution is 2.28. The summed E-state index contributed by atoms with van der Waals surface area (Å²) in [6, 6.07) is 18.7. The number of nitrogens with zero attached hydrogens (tertiary/aromatic N) is 3. The minimum absolute atomic E-state index is 0.556. The van der Waals surface area contributed by atoms with Crippen molar-refractivity contribution >= 4 is 11.6 Å². The standard InChI is InChI=1S/C23H24ClN3/c24-21-8-6-18(7-9-21)15-22-4-1-5-23(26-22)20-10-13-27(14-11-20)17-19-3-2-12-25-16-19/h1-9,12,16,20H,10-11,13-15,17H2. The lowest BCUT2D eigenvalue weighted by Gasteiger charge is -2.31. The smallest absolute Gasteiger partial charge is 0.0450 e. The van der Waals surface area contributed by atoms with Crippen LogP contribution in [0.5, 0.6) is 0 Å². The second-order valence-electron chi connectivity index (χ2n) is 7.27. The third kappa shape index (κ3) is 4.94. The first-order chi connectivity index (χ1) is 13.3. The summed E-state index contributed by atoms with van der Waals surface area (Å²) < 4.78 is 0. The van der Waals surface area contributed by atoms with E-state index in [4.69, 9.17) is 16.6 Å². The summed E-state index contributed by atoms with van der Waals surface area (Å²) in [5.41, 5.74) is 4.91. The summed E-state index contributed by atoms with van der Waals surface area (Å²) in [5, 5.41) is 0.776. The van der Waals surface area contributed by atoms with E-state index >= 15 is 0 Å². The molecule has 2 aromatic heterocycles. The predicted octanol–water partition coefficient (Wildman–Crippen LogP) is 5.10. The van der Waals surface area contributed by atoms with Crippen LogP contribution in [0.1, 0.15) is 41.3 Å². The molecule has 27 heavy (non-hydrogen) atoms. The molecule has 0 bridgehead atoms. The number of hydrogen-bond donors (Lipinski definition) is 0. The van der Waals surface area contributed by atoms with Crippen LogP contribution in [0.25, 0.3) is 0 Å². The Balaban J connectivity index is 1.36. The largest absolute Gasteiger partial charge is 0.299 e. The van der Waals surface area contributed by atoms with Crippen LogP contribution in [0, 0.1) is 0 Å². The normalized spacial score (nSPS) is 15.7. The molecule has 0 amide bonds. The molecule has 0 aliphatic carbocycles. The zero-order chi connectivity index (χ0) is 18.5. The molecule has 0 N–H and O–H groups in total. The number of piperidine rings is 1. The van der Waals surface area contributed by atoms with Crippen molar-refractivity contribution in [3.63, 3.8) is 0 Å². The first-order valence-electron chi connectivity index (χ1n) is 9.58. The van der Waals surface area contributed by atoms with Gasteiger partial charge in [0.1, 0.15) is 0 Å². The molecule has 4 rings (SSSR count). The summed E-state index contributed by atoms with van der Waals surface area (Å²) in [5.74, 6) is 0.556. The third-order valence-corrected chi connectivity index (χ3v) is 5.51. The van der Waals surface area contributed by atoms with E-state index in [0.29, 0.717) is 5.92 Å². The highest BCUT2D eigenvalue weighted by Gasteiger charge is 2.21. The van der Waals surface area contributed by atoms with Crippen LogP contribution in [0.2, 0.25) is 5.02 Å². The van der Waals surface area contributed by atoms with Gasteiger partial charge in [-0.3, -0.25) is 14.9 Å². The number of halogens is 1. The lowest BCUT2D eigenvalue weighted by Crippen LogP contribution is -2.32. The lowest BCUT2D eigenvalue weighted by atomic mass is 9.92. The average molecular weight is 378 g/mol. The van der Waals surface area contributed by atoms with Crippen LogP contribution < -0.4 is 0 Å². The molecule has 1 aliphatic heterocycles. The first kappa shape index (κ1) is 18.1. The fourth-order valence-electron chi connectivity index (χ4n) is 3.77. The number of pyridine rings is 2. The average Bonchev–Trinajstić information content (AvgIpc) is 2.71. The summed E-state index contributed by atoms with van der Waals surface area (Å²) >= 11 is 5.98. The maximum atomic E-state index is 5.98. The summed E-state index contributed by atoms with van der Waals surface area (Å²) in [6.07, 6.45) is 6.98. The number of hydrogen-bond acceptors (Lipinski definition) is 3. The monoisotopic (exact) mass is 377 g/mol. The Kier molecular flexibility index (Phi) is 5.81. The van der Waals surface area contributed by atoms with E-state index < -0.39 is 0 Å². The van der Waals surface area contributed by atoms with Crippen LogP contribution in [0.4, 0.5) is 0 Å². The van der Waals surface area contributed by atoms with Crippen molar-refractivity contribution in [2.45, 2.75) is 31.7 Å². The Labute approximate surface area is 166 Å². The maximum Gasteiger partial charge on any atom is 0.0450 e. The molecule has 138 valence electrons. The van der Waals surface area contributed by atoms with E-state index in [2.05, 4.69) is 46.3 Å². The zero-order valence-corrected chi connectivity index (χ0v) is 16.1. The van der Waals surface area contributed by atoms with Crippen molar-refractivity contribution in [2.24, 2.45) is 0 Å². The van der Waals surface area contributed by atoms with Crippen molar-refractivity contribution in [3.05, 3.63) is 94.5 Å². The minimum Gasteiger partial charge on any atom is -0.299 e. The van der Waals surface area contributed by atoms with E-state index in [1.54, 1.807) is 0 Å². The van der Waals surface area contributed by atoms with Crippen LogP contribution in [0.15, 0.2) is 67.0 Å². The molecule has 1 aromatic carbocycles. The molecule has 3 nitrogen and oxygen atoms in total. The Bertz CT molecular complexity index is 856. The molecular formula is C23H24ClN3. The van der Waals surface area contributed by atoms with Crippen LogP contribution in [-0.4, -0.2) is 28.0 Å². The fourth-order valence-corrected chi connectivity index (χ4v) is 3.90. The van der Waals surface area contributed by atoms with Gasteiger partial charge in [0.05, 0.1) is 0 Å². The second kappa shape index (κ2) is 8.64. The Morgan fingerprint density at radius 2 is 1.74 bits per heavy atom. The fraction of sp³-hybridized carbons (Fsp3) is 0.304. The molecule has 1 saturated heterocycles. The van der Waals surface area contributed by atoms with Crippen LogP contribution in [-0.2, 0) is 13.0 Å². The van der Waals surface area contributed by atoms with Crippen molar-refractivity contribution in [1.82, 2.24) is 14.9 Å². The highest BCUT2D eigenvalue weighted by molar-refractivity contribution is 6.30. The van der Waals surface area contributed by atoms with Crippen LogP contribution >= 0.6 is 11.6 Å². The zero-order valence-electron chi connectivity index (χ0n) is 15.4.